The topological polar surface area (TPSA) is 20.2 Å². The van der Waals surface area contributed by atoms with Crippen molar-refractivity contribution in [1.82, 2.24) is 0 Å². The SMILES string of the molecule is OCc1ccccc1C=CCCS. The lowest BCUT2D eigenvalue weighted by atomic mass is 10.1. The van der Waals surface area contributed by atoms with Crippen molar-refractivity contribution in [2.24, 2.45) is 0 Å². The van der Waals surface area contributed by atoms with E-state index in [1.165, 1.54) is 0 Å². The molecule has 0 saturated carbocycles. The second-order valence-corrected chi connectivity index (χ2v) is 3.22. The molecule has 0 aliphatic rings. The lowest BCUT2D eigenvalue weighted by Gasteiger charge is -2.00. The standard InChI is InChI=1S/C11H14OS/c12-9-11-7-2-1-5-10(11)6-3-4-8-13/h1-3,5-7,12-13H,4,8-9H2. The summed E-state index contributed by atoms with van der Waals surface area (Å²) in [7, 11) is 0. The summed E-state index contributed by atoms with van der Waals surface area (Å²) >= 11 is 4.12. The van der Waals surface area contributed by atoms with Gasteiger partial charge in [-0.05, 0) is 23.3 Å². The Labute approximate surface area is 84.5 Å². The Morgan fingerprint density at radius 2 is 2.08 bits per heavy atom. The van der Waals surface area contributed by atoms with Gasteiger partial charge in [-0.2, -0.15) is 12.6 Å². The van der Waals surface area contributed by atoms with Crippen LogP contribution in [0.1, 0.15) is 17.5 Å². The molecule has 0 heterocycles. The predicted octanol–water partition coefficient (Wildman–Crippen LogP) is 2.51. The van der Waals surface area contributed by atoms with Gasteiger partial charge >= 0.3 is 0 Å². The molecule has 0 amide bonds. The molecule has 1 rings (SSSR count). The summed E-state index contributed by atoms with van der Waals surface area (Å²) in [6, 6.07) is 7.84. The van der Waals surface area contributed by atoms with Crippen LogP contribution in [0.4, 0.5) is 0 Å². The van der Waals surface area contributed by atoms with Gasteiger partial charge in [0.1, 0.15) is 0 Å². The Kier molecular flexibility index (Phi) is 4.65. The fourth-order valence-corrected chi connectivity index (χ4v) is 1.27. The van der Waals surface area contributed by atoms with E-state index in [4.69, 9.17) is 5.11 Å². The van der Waals surface area contributed by atoms with Crippen molar-refractivity contribution in [3.05, 3.63) is 41.5 Å². The van der Waals surface area contributed by atoms with Gasteiger partial charge in [0.15, 0.2) is 0 Å². The van der Waals surface area contributed by atoms with E-state index in [1.54, 1.807) is 0 Å². The van der Waals surface area contributed by atoms with Crippen molar-refractivity contribution in [3.8, 4) is 0 Å². The lowest BCUT2D eigenvalue weighted by Crippen LogP contribution is -1.86. The van der Waals surface area contributed by atoms with Crippen LogP contribution in [0.15, 0.2) is 30.3 Å². The Balaban J connectivity index is 2.74. The Morgan fingerprint density at radius 1 is 1.31 bits per heavy atom. The summed E-state index contributed by atoms with van der Waals surface area (Å²) in [6.45, 7) is 0.0986. The first-order valence-corrected chi connectivity index (χ1v) is 4.98. The Bertz CT molecular complexity index is 281. The van der Waals surface area contributed by atoms with E-state index in [1.807, 2.05) is 30.3 Å². The maximum Gasteiger partial charge on any atom is 0.0687 e. The van der Waals surface area contributed by atoms with Crippen LogP contribution in [0, 0.1) is 0 Å². The van der Waals surface area contributed by atoms with Gasteiger partial charge in [-0.1, -0.05) is 36.4 Å². The van der Waals surface area contributed by atoms with Crippen molar-refractivity contribution >= 4 is 18.7 Å². The molecule has 0 unspecified atom stereocenters. The molecule has 0 saturated heterocycles. The van der Waals surface area contributed by atoms with Crippen LogP contribution in [0.5, 0.6) is 0 Å². The van der Waals surface area contributed by atoms with E-state index < -0.39 is 0 Å². The summed E-state index contributed by atoms with van der Waals surface area (Å²) in [6.07, 6.45) is 5.06. The van der Waals surface area contributed by atoms with Crippen LogP contribution >= 0.6 is 12.6 Å². The number of hydrogen-bond acceptors (Lipinski definition) is 2. The zero-order valence-electron chi connectivity index (χ0n) is 7.48. The maximum atomic E-state index is 9.03. The van der Waals surface area contributed by atoms with Crippen LogP contribution in [0.2, 0.25) is 0 Å². The lowest BCUT2D eigenvalue weighted by molar-refractivity contribution is 0.281. The highest BCUT2D eigenvalue weighted by Crippen LogP contribution is 2.10. The predicted molar refractivity (Wildman–Crippen MR) is 59.9 cm³/mol. The first kappa shape index (κ1) is 10.4. The van der Waals surface area contributed by atoms with Gasteiger partial charge < -0.3 is 5.11 Å². The molecular weight excluding hydrogens is 180 g/mol. The molecule has 0 aromatic heterocycles. The van der Waals surface area contributed by atoms with E-state index in [2.05, 4.69) is 18.7 Å². The maximum absolute atomic E-state index is 9.03. The van der Waals surface area contributed by atoms with E-state index in [9.17, 15) is 0 Å². The number of allylic oxidation sites excluding steroid dienone is 1. The van der Waals surface area contributed by atoms with Gasteiger partial charge in [0.05, 0.1) is 6.61 Å². The van der Waals surface area contributed by atoms with Crippen LogP contribution < -0.4 is 0 Å². The molecule has 13 heavy (non-hydrogen) atoms. The molecule has 0 radical (unpaired) electrons. The highest BCUT2D eigenvalue weighted by molar-refractivity contribution is 7.80. The van der Waals surface area contributed by atoms with Crippen molar-refractivity contribution in [1.29, 1.82) is 0 Å². The second-order valence-electron chi connectivity index (χ2n) is 2.77. The smallest absolute Gasteiger partial charge is 0.0687 e. The molecule has 1 nitrogen and oxygen atoms in total. The number of aliphatic hydroxyl groups excluding tert-OH is 1. The van der Waals surface area contributed by atoms with Crippen molar-refractivity contribution in [2.45, 2.75) is 13.0 Å². The Hall–Kier alpha value is -0.730. The molecule has 0 bridgehead atoms. The van der Waals surface area contributed by atoms with Crippen molar-refractivity contribution in [2.75, 3.05) is 5.75 Å². The van der Waals surface area contributed by atoms with Crippen molar-refractivity contribution < 1.29 is 5.11 Å². The molecule has 0 fully saturated rings. The second kappa shape index (κ2) is 5.84. The monoisotopic (exact) mass is 194 g/mol. The molecule has 70 valence electrons. The number of thiol groups is 1. The summed E-state index contributed by atoms with van der Waals surface area (Å²) in [4.78, 5) is 0. The number of benzene rings is 1. The van der Waals surface area contributed by atoms with Crippen LogP contribution in [-0.2, 0) is 6.61 Å². The van der Waals surface area contributed by atoms with E-state index in [0.29, 0.717) is 0 Å². The zero-order chi connectivity index (χ0) is 9.52. The van der Waals surface area contributed by atoms with Crippen LogP contribution in [0.3, 0.4) is 0 Å². The molecule has 2 heteroatoms. The third-order valence-corrected chi connectivity index (χ3v) is 2.08. The first-order valence-electron chi connectivity index (χ1n) is 4.34. The first-order chi connectivity index (χ1) is 6.38. The highest BCUT2D eigenvalue weighted by Gasteiger charge is 1.94. The molecular formula is C11H14OS. The largest absolute Gasteiger partial charge is 0.392 e. The number of aliphatic hydroxyl groups is 1. The molecule has 1 aromatic rings. The third kappa shape index (κ3) is 3.25. The molecule has 1 N–H and O–H groups in total. The zero-order valence-corrected chi connectivity index (χ0v) is 8.37. The molecule has 0 spiro atoms. The van der Waals surface area contributed by atoms with Crippen LogP contribution in [0.25, 0.3) is 6.08 Å². The van der Waals surface area contributed by atoms with E-state index >= 15 is 0 Å². The van der Waals surface area contributed by atoms with Gasteiger partial charge in [-0.25, -0.2) is 0 Å². The minimum atomic E-state index is 0.0986. The average molecular weight is 194 g/mol. The van der Waals surface area contributed by atoms with Gasteiger partial charge in [0.2, 0.25) is 0 Å². The Morgan fingerprint density at radius 3 is 2.77 bits per heavy atom. The summed E-state index contributed by atoms with van der Waals surface area (Å²) in [5.41, 5.74) is 2.06. The average Bonchev–Trinajstić information content (AvgIpc) is 2.19. The molecule has 0 aliphatic heterocycles. The fourth-order valence-electron chi connectivity index (χ4n) is 1.13. The van der Waals surface area contributed by atoms with Crippen molar-refractivity contribution in [3.63, 3.8) is 0 Å². The quantitative estimate of drug-likeness (QED) is 0.706. The molecule has 1 aromatic carbocycles. The fraction of sp³-hybridized carbons (Fsp3) is 0.273. The van der Waals surface area contributed by atoms with Gasteiger partial charge in [0, 0.05) is 0 Å². The van der Waals surface area contributed by atoms with Gasteiger partial charge in [-0.3, -0.25) is 0 Å². The minimum absolute atomic E-state index is 0.0986. The normalized spacial score (nSPS) is 10.9. The third-order valence-electron chi connectivity index (χ3n) is 1.82. The minimum Gasteiger partial charge on any atom is -0.392 e. The number of rotatable bonds is 4. The van der Waals surface area contributed by atoms with Crippen LogP contribution in [-0.4, -0.2) is 10.9 Å². The van der Waals surface area contributed by atoms with E-state index in [-0.39, 0.29) is 6.61 Å². The molecule has 0 atom stereocenters. The summed E-state index contributed by atoms with van der Waals surface area (Å²) in [5.74, 6) is 0.859. The van der Waals surface area contributed by atoms with E-state index in [0.717, 1.165) is 23.3 Å². The van der Waals surface area contributed by atoms with Gasteiger partial charge in [0.25, 0.3) is 0 Å². The number of hydrogen-bond donors (Lipinski definition) is 2. The van der Waals surface area contributed by atoms with Gasteiger partial charge in [-0.15, -0.1) is 0 Å². The molecule has 0 aliphatic carbocycles. The summed E-state index contributed by atoms with van der Waals surface area (Å²) in [5, 5.41) is 9.03. The highest BCUT2D eigenvalue weighted by atomic mass is 32.1. The summed E-state index contributed by atoms with van der Waals surface area (Å²) < 4.78 is 0.